The Kier molecular flexibility index (Phi) is 7.87. The molecule has 0 N–H and O–H groups in total. The Balaban J connectivity index is 1.09. The Bertz CT molecular complexity index is 3520. The summed E-state index contributed by atoms with van der Waals surface area (Å²) in [7, 11) is 0. The van der Waals surface area contributed by atoms with E-state index in [1.54, 1.807) is 0 Å². The molecule has 6 heteroatoms. The molecule has 0 spiro atoms. The van der Waals surface area contributed by atoms with Crippen LogP contribution in [0.15, 0.2) is 177 Å². The van der Waals surface area contributed by atoms with E-state index in [1.165, 1.54) is 61.2 Å². The molecule has 14 rings (SSSR count). The van der Waals surface area contributed by atoms with Crippen LogP contribution in [-0.4, -0.2) is 29.1 Å². The minimum Gasteiger partial charge on any atom is -0.309 e. The van der Waals surface area contributed by atoms with Gasteiger partial charge in [-0.2, -0.15) is 0 Å². The second kappa shape index (κ2) is 13.6. The van der Waals surface area contributed by atoms with Gasteiger partial charge in [-0.3, -0.25) is 19.9 Å². The fourth-order valence-electron chi connectivity index (χ4n) is 11.8. The monoisotopic (exact) mass is 824 g/mol. The number of benzene rings is 5. The van der Waals surface area contributed by atoms with Crippen molar-refractivity contribution in [1.82, 2.24) is 29.1 Å². The molecule has 0 fully saturated rings. The van der Waals surface area contributed by atoms with Crippen LogP contribution in [-0.2, 0) is 30.1 Å². The molecule has 6 nitrogen and oxygen atoms in total. The predicted octanol–water partition coefficient (Wildman–Crippen LogP) is 12.5. The van der Waals surface area contributed by atoms with E-state index >= 15 is 0 Å². The minimum absolute atomic E-state index is 0.552. The molecule has 6 heterocycles. The van der Waals surface area contributed by atoms with Gasteiger partial charge in [0.15, 0.2) is 0 Å². The largest absolute Gasteiger partial charge is 0.309 e. The van der Waals surface area contributed by atoms with Crippen LogP contribution in [0.1, 0.15) is 82.0 Å². The smallest absolute Gasteiger partial charge is 0.0711 e. The lowest BCUT2D eigenvalue weighted by Gasteiger charge is -2.57. The van der Waals surface area contributed by atoms with Gasteiger partial charge in [-0.1, -0.05) is 99.6 Å². The van der Waals surface area contributed by atoms with Gasteiger partial charge in [-0.05, 0) is 129 Å². The van der Waals surface area contributed by atoms with Gasteiger partial charge < -0.3 is 9.13 Å². The van der Waals surface area contributed by atoms with Gasteiger partial charge in [-0.25, -0.2) is 0 Å². The molecule has 0 atom stereocenters. The van der Waals surface area contributed by atoms with Crippen LogP contribution in [0.2, 0.25) is 0 Å². The molecule has 0 radical (unpaired) electrons. The molecule has 6 aromatic heterocycles. The van der Waals surface area contributed by atoms with E-state index in [4.69, 9.17) is 0 Å². The van der Waals surface area contributed by atoms with Gasteiger partial charge in [0, 0.05) is 82.5 Å². The van der Waals surface area contributed by atoms with E-state index in [1.807, 2.05) is 49.6 Å². The zero-order valence-electron chi connectivity index (χ0n) is 36.0. The first-order valence-corrected chi connectivity index (χ1v) is 22.6. The summed E-state index contributed by atoms with van der Waals surface area (Å²) in [4.78, 5) is 18.0. The summed E-state index contributed by atoms with van der Waals surface area (Å²) in [5, 5.41) is 4.41. The van der Waals surface area contributed by atoms with Crippen molar-refractivity contribution in [2.45, 2.75) is 50.9 Å². The molecular formula is C58H44N6. The lowest BCUT2D eigenvalue weighted by molar-refractivity contribution is 0.554. The highest BCUT2D eigenvalue weighted by Gasteiger charge is 2.60. The Morgan fingerprint density at radius 2 is 0.641 bits per heavy atom. The lowest BCUT2D eigenvalue weighted by Crippen LogP contribution is -2.52. The number of fused-ring (bicyclic) bond motifs is 6. The molecule has 3 aliphatic carbocycles. The number of aryl methyl sites for hydroxylation is 3. The van der Waals surface area contributed by atoms with Gasteiger partial charge in [0.05, 0.1) is 32.9 Å². The van der Waals surface area contributed by atoms with Gasteiger partial charge in [-0.15, -0.1) is 0 Å². The van der Waals surface area contributed by atoms with Crippen LogP contribution in [0.5, 0.6) is 0 Å². The molecule has 306 valence electrons. The van der Waals surface area contributed by atoms with E-state index in [-0.39, 0.29) is 0 Å². The fraction of sp³-hybridized carbons (Fsp3) is 0.138. The van der Waals surface area contributed by atoms with Gasteiger partial charge in [0.2, 0.25) is 0 Å². The summed E-state index contributed by atoms with van der Waals surface area (Å²) in [6.45, 7) is 6.83. The number of pyridine rings is 4. The van der Waals surface area contributed by atoms with Crippen molar-refractivity contribution < 1.29 is 0 Å². The normalized spacial score (nSPS) is 17.3. The van der Waals surface area contributed by atoms with Crippen molar-refractivity contribution >= 4 is 43.6 Å². The number of hydrogen-bond donors (Lipinski definition) is 0. The highest BCUT2D eigenvalue weighted by Crippen LogP contribution is 2.66. The highest BCUT2D eigenvalue weighted by molar-refractivity contribution is 6.09. The topological polar surface area (TPSA) is 61.4 Å². The highest BCUT2D eigenvalue weighted by atomic mass is 15.0. The Morgan fingerprint density at radius 1 is 0.344 bits per heavy atom. The molecule has 0 unspecified atom stereocenters. The van der Waals surface area contributed by atoms with Crippen molar-refractivity contribution in [3.8, 4) is 11.4 Å². The Labute approximate surface area is 371 Å². The molecule has 0 amide bonds. The molecule has 5 aromatic carbocycles. The van der Waals surface area contributed by atoms with Gasteiger partial charge in [0.1, 0.15) is 0 Å². The Morgan fingerprint density at radius 3 is 0.938 bits per heavy atom. The number of aromatic nitrogens is 6. The van der Waals surface area contributed by atoms with E-state index in [0.29, 0.717) is 0 Å². The number of rotatable bonds is 7. The van der Waals surface area contributed by atoms with Crippen molar-refractivity contribution in [2.24, 2.45) is 0 Å². The lowest BCUT2D eigenvalue weighted by atomic mass is 9.44. The molecule has 2 bridgehead atoms. The fourth-order valence-corrected chi connectivity index (χ4v) is 11.8. The molecular weight excluding hydrogens is 781 g/mol. The van der Waals surface area contributed by atoms with Crippen LogP contribution >= 0.6 is 0 Å². The van der Waals surface area contributed by atoms with Crippen LogP contribution in [0.4, 0.5) is 0 Å². The SMILES string of the molecule is CCc1ccc2c(c1)C1(c3ccc(-n4c5ccncc5c5cnccc54)cc3)c3ccc(CC)cc3C2(c2ccc(-n3c4ccncc4c4cnccc43)cc2)c2cc(CC)ccc21. The minimum atomic E-state index is -0.553. The standard InChI is InChI=1S/C58H44N6/c1-4-36-9-20-49-50(29-36)57(39-10-14-41(15-11-39)63-53-21-25-59-32-43(53)44-33-60-26-22-54(44)63)47-18-7-37(5-2)30-51(47)58(49,52-31-38(6-3)8-19-48(52)57)40-12-16-42(17-13-40)64-55-23-27-61-34-45(55)46-35-62-28-24-56(46)64/h7-35H,4-6H2,1-3H3. The van der Waals surface area contributed by atoms with E-state index in [2.05, 4.69) is 177 Å². The Hall–Kier alpha value is -7.70. The van der Waals surface area contributed by atoms with E-state index < -0.39 is 10.8 Å². The molecule has 11 aromatic rings. The van der Waals surface area contributed by atoms with Crippen LogP contribution in [0.3, 0.4) is 0 Å². The average molecular weight is 825 g/mol. The summed E-state index contributed by atoms with van der Waals surface area (Å²) in [6, 6.07) is 49.5. The number of hydrogen-bond acceptors (Lipinski definition) is 4. The van der Waals surface area contributed by atoms with E-state index in [0.717, 1.165) is 74.2 Å². The van der Waals surface area contributed by atoms with Gasteiger partial charge >= 0.3 is 0 Å². The third-order valence-corrected chi connectivity index (χ3v) is 14.8. The first-order chi connectivity index (χ1) is 31.6. The molecule has 64 heavy (non-hydrogen) atoms. The number of nitrogens with zero attached hydrogens (tertiary/aromatic N) is 6. The summed E-state index contributed by atoms with van der Waals surface area (Å²) in [5.41, 5.74) is 20.4. The van der Waals surface area contributed by atoms with Crippen LogP contribution in [0, 0.1) is 0 Å². The first-order valence-electron chi connectivity index (χ1n) is 22.6. The van der Waals surface area contributed by atoms with Crippen molar-refractivity contribution in [2.75, 3.05) is 0 Å². The average Bonchev–Trinajstić information content (AvgIpc) is 3.89. The summed E-state index contributed by atoms with van der Waals surface area (Å²) < 4.78 is 4.71. The maximum atomic E-state index is 4.49. The molecule has 3 aliphatic rings. The quantitative estimate of drug-likeness (QED) is 0.161. The second-order valence-corrected chi connectivity index (χ2v) is 17.5. The summed E-state index contributed by atoms with van der Waals surface area (Å²) >= 11 is 0. The third-order valence-electron chi connectivity index (χ3n) is 14.8. The van der Waals surface area contributed by atoms with Crippen molar-refractivity contribution in [3.05, 3.63) is 238 Å². The van der Waals surface area contributed by atoms with Crippen molar-refractivity contribution in [1.29, 1.82) is 0 Å². The zero-order valence-corrected chi connectivity index (χ0v) is 36.0. The van der Waals surface area contributed by atoms with Crippen LogP contribution in [0.25, 0.3) is 55.0 Å². The van der Waals surface area contributed by atoms with Crippen molar-refractivity contribution in [3.63, 3.8) is 0 Å². The predicted molar refractivity (Wildman–Crippen MR) is 258 cm³/mol. The van der Waals surface area contributed by atoms with Gasteiger partial charge in [0.25, 0.3) is 0 Å². The van der Waals surface area contributed by atoms with E-state index in [9.17, 15) is 0 Å². The molecule has 0 aliphatic heterocycles. The third kappa shape index (κ3) is 4.69. The second-order valence-electron chi connectivity index (χ2n) is 17.5. The maximum absolute atomic E-state index is 4.49. The van der Waals surface area contributed by atoms with Crippen LogP contribution < -0.4 is 0 Å². The maximum Gasteiger partial charge on any atom is 0.0711 e. The summed E-state index contributed by atoms with van der Waals surface area (Å²) in [6.07, 6.45) is 18.2. The molecule has 0 saturated heterocycles. The zero-order chi connectivity index (χ0) is 42.7. The molecule has 0 saturated carbocycles. The summed E-state index contributed by atoms with van der Waals surface area (Å²) in [5.74, 6) is 0. The first kappa shape index (κ1) is 36.9.